The van der Waals surface area contributed by atoms with E-state index >= 15 is 0 Å². The Labute approximate surface area is 146 Å². The first-order chi connectivity index (χ1) is 11.4. The molecule has 1 saturated heterocycles. The van der Waals surface area contributed by atoms with E-state index in [1.165, 1.54) is 6.07 Å². The molecular formula is C17H24BF3N2O2. The Hall–Kier alpha value is -1.51. The monoisotopic (exact) mass is 356 g/mol. The number of nitrogen functional groups attached to an aromatic ring is 1. The average Bonchev–Trinajstić information content (AvgIpc) is 2.67. The van der Waals surface area contributed by atoms with Crippen LogP contribution in [0.2, 0.25) is 0 Å². The molecule has 0 bridgehead atoms. The predicted molar refractivity (Wildman–Crippen MR) is 93.8 cm³/mol. The molecule has 1 aliphatic heterocycles. The van der Waals surface area contributed by atoms with Gasteiger partial charge in [-0.05, 0) is 57.9 Å². The van der Waals surface area contributed by atoms with Crippen molar-refractivity contribution in [1.29, 1.82) is 0 Å². The van der Waals surface area contributed by atoms with E-state index in [2.05, 4.69) is 5.32 Å². The van der Waals surface area contributed by atoms with Gasteiger partial charge in [-0.2, -0.15) is 13.2 Å². The van der Waals surface area contributed by atoms with E-state index in [1.54, 1.807) is 13.1 Å². The van der Waals surface area contributed by atoms with Crippen LogP contribution in [0.25, 0.3) is 6.08 Å². The molecule has 0 saturated carbocycles. The summed E-state index contributed by atoms with van der Waals surface area (Å²) < 4.78 is 50.4. The molecule has 0 spiro atoms. The van der Waals surface area contributed by atoms with E-state index in [4.69, 9.17) is 15.0 Å². The van der Waals surface area contributed by atoms with Crippen molar-refractivity contribution in [3.8, 4) is 0 Å². The zero-order chi connectivity index (χ0) is 19.0. The summed E-state index contributed by atoms with van der Waals surface area (Å²) in [5.41, 5.74) is 5.35. The third kappa shape index (κ3) is 4.19. The van der Waals surface area contributed by atoms with Crippen LogP contribution in [-0.4, -0.2) is 31.9 Å². The zero-order valence-corrected chi connectivity index (χ0v) is 15.1. The number of likely N-dealkylation sites (N-methyl/N-ethyl adjacent to an activating group) is 1. The molecule has 25 heavy (non-hydrogen) atoms. The van der Waals surface area contributed by atoms with Crippen LogP contribution in [0, 0.1) is 0 Å². The molecule has 1 fully saturated rings. The molecule has 138 valence electrons. The lowest BCUT2D eigenvalue weighted by Crippen LogP contribution is -2.41. The molecule has 0 radical (unpaired) electrons. The molecule has 0 unspecified atom stereocenters. The maximum absolute atomic E-state index is 12.8. The first-order valence-corrected chi connectivity index (χ1v) is 8.05. The number of rotatable bonds is 4. The smallest absolute Gasteiger partial charge is 0.400 e. The molecular weight excluding hydrogens is 332 g/mol. The summed E-state index contributed by atoms with van der Waals surface area (Å²) in [6.45, 7) is 8.22. The second kappa shape index (κ2) is 6.66. The highest BCUT2D eigenvalue weighted by molar-refractivity contribution is 6.56. The van der Waals surface area contributed by atoms with Crippen LogP contribution in [0.5, 0.6) is 0 Å². The normalized spacial score (nSPS) is 20.2. The number of hydrogen-bond acceptors (Lipinski definition) is 4. The molecule has 4 nitrogen and oxygen atoms in total. The summed E-state index contributed by atoms with van der Waals surface area (Å²) in [5, 5.41) is 3.03. The average molecular weight is 356 g/mol. The Morgan fingerprint density at radius 3 is 2.20 bits per heavy atom. The first-order valence-electron chi connectivity index (χ1n) is 8.05. The molecule has 3 N–H and O–H groups in total. The number of halogens is 3. The number of benzene rings is 1. The van der Waals surface area contributed by atoms with Crippen molar-refractivity contribution in [2.24, 2.45) is 0 Å². The Morgan fingerprint density at radius 2 is 1.76 bits per heavy atom. The van der Waals surface area contributed by atoms with E-state index in [0.29, 0.717) is 12.1 Å². The van der Waals surface area contributed by atoms with Crippen molar-refractivity contribution >= 4 is 18.9 Å². The summed E-state index contributed by atoms with van der Waals surface area (Å²) in [6, 6.07) is 3.32. The van der Waals surface area contributed by atoms with Gasteiger partial charge in [0, 0.05) is 12.2 Å². The van der Waals surface area contributed by atoms with Crippen LogP contribution < -0.4 is 11.1 Å². The van der Waals surface area contributed by atoms with E-state index in [0.717, 1.165) is 17.6 Å². The lowest BCUT2D eigenvalue weighted by Gasteiger charge is -2.32. The van der Waals surface area contributed by atoms with Gasteiger partial charge < -0.3 is 20.4 Å². The van der Waals surface area contributed by atoms with Gasteiger partial charge >= 0.3 is 13.3 Å². The fourth-order valence-electron chi connectivity index (χ4n) is 2.48. The highest BCUT2D eigenvalue weighted by Gasteiger charge is 2.52. The standard InChI is InChI=1S/C17H24BF3N2O2/c1-15(2)16(3,4)25-18(24-15)13(10-23-5)8-11-6-7-12(9-14(11)22)17(19,20)21/h6-9,23H,10,22H2,1-5H3. The van der Waals surface area contributed by atoms with Crippen molar-refractivity contribution in [2.45, 2.75) is 45.1 Å². The third-order valence-electron chi connectivity index (χ3n) is 4.69. The van der Waals surface area contributed by atoms with Crippen molar-refractivity contribution in [3.05, 3.63) is 34.8 Å². The molecule has 1 aliphatic rings. The number of nitrogens with one attached hydrogen (secondary N) is 1. The number of alkyl halides is 3. The van der Waals surface area contributed by atoms with Crippen LogP contribution in [-0.2, 0) is 15.5 Å². The van der Waals surface area contributed by atoms with Crippen LogP contribution >= 0.6 is 0 Å². The van der Waals surface area contributed by atoms with Crippen LogP contribution in [0.3, 0.4) is 0 Å². The summed E-state index contributed by atoms with van der Waals surface area (Å²) in [4.78, 5) is 0. The molecule has 1 aromatic rings. The summed E-state index contributed by atoms with van der Waals surface area (Å²) >= 11 is 0. The third-order valence-corrected chi connectivity index (χ3v) is 4.69. The Bertz CT molecular complexity index is 656. The minimum absolute atomic E-state index is 0.0555. The van der Waals surface area contributed by atoms with Gasteiger partial charge in [0.05, 0.1) is 16.8 Å². The van der Waals surface area contributed by atoms with Gasteiger partial charge in [0.15, 0.2) is 0 Å². The van der Waals surface area contributed by atoms with Gasteiger partial charge in [-0.3, -0.25) is 0 Å². The van der Waals surface area contributed by atoms with Crippen molar-refractivity contribution in [2.75, 3.05) is 19.3 Å². The Morgan fingerprint density at radius 1 is 1.20 bits per heavy atom. The van der Waals surface area contributed by atoms with E-state index < -0.39 is 30.1 Å². The highest BCUT2D eigenvalue weighted by atomic mass is 19.4. The number of hydrogen-bond donors (Lipinski definition) is 2. The van der Waals surface area contributed by atoms with Crippen molar-refractivity contribution in [3.63, 3.8) is 0 Å². The second-order valence-electron chi connectivity index (χ2n) is 7.18. The topological polar surface area (TPSA) is 56.5 Å². The van der Waals surface area contributed by atoms with Gasteiger partial charge in [-0.1, -0.05) is 12.1 Å². The fraction of sp³-hybridized carbons (Fsp3) is 0.529. The molecule has 1 aromatic carbocycles. The molecule has 8 heteroatoms. The van der Waals surface area contributed by atoms with Crippen LogP contribution in [0.1, 0.15) is 38.8 Å². The molecule has 0 amide bonds. The van der Waals surface area contributed by atoms with Gasteiger partial charge in [0.25, 0.3) is 0 Å². The van der Waals surface area contributed by atoms with E-state index in [1.807, 2.05) is 27.7 Å². The van der Waals surface area contributed by atoms with Crippen LogP contribution in [0.15, 0.2) is 23.7 Å². The molecule has 0 aromatic heterocycles. The molecule has 0 atom stereocenters. The van der Waals surface area contributed by atoms with Gasteiger partial charge in [0.2, 0.25) is 0 Å². The maximum Gasteiger partial charge on any atom is 0.491 e. The van der Waals surface area contributed by atoms with Crippen molar-refractivity contribution < 1.29 is 22.5 Å². The van der Waals surface area contributed by atoms with Gasteiger partial charge in [-0.25, -0.2) is 0 Å². The Kier molecular flexibility index (Phi) is 5.28. The molecule has 0 aliphatic carbocycles. The minimum atomic E-state index is -4.42. The minimum Gasteiger partial charge on any atom is -0.400 e. The van der Waals surface area contributed by atoms with Crippen molar-refractivity contribution in [1.82, 2.24) is 5.32 Å². The predicted octanol–water partition coefficient (Wildman–Crippen LogP) is 3.52. The lowest BCUT2D eigenvalue weighted by molar-refractivity contribution is -0.137. The highest BCUT2D eigenvalue weighted by Crippen LogP contribution is 2.39. The summed E-state index contributed by atoms with van der Waals surface area (Å²) in [5.74, 6) is 0. The number of anilines is 1. The number of nitrogens with two attached hydrogens (primary N) is 1. The van der Waals surface area contributed by atoms with E-state index in [-0.39, 0.29) is 5.69 Å². The molecule has 2 rings (SSSR count). The largest absolute Gasteiger partial charge is 0.491 e. The quantitative estimate of drug-likeness (QED) is 0.640. The van der Waals surface area contributed by atoms with Gasteiger partial charge in [-0.15, -0.1) is 0 Å². The summed E-state index contributed by atoms with van der Waals surface area (Å²) in [7, 11) is 1.17. The maximum atomic E-state index is 12.8. The lowest BCUT2D eigenvalue weighted by atomic mass is 9.77. The van der Waals surface area contributed by atoms with E-state index in [9.17, 15) is 13.2 Å². The SMILES string of the molecule is CNCC(=Cc1ccc(C(F)(F)F)cc1N)B1OC(C)(C)C(C)(C)O1. The second-order valence-corrected chi connectivity index (χ2v) is 7.18. The first kappa shape index (κ1) is 19.8. The van der Waals surface area contributed by atoms with Gasteiger partial charge in [0.1, 0.15) is 0 Å². The summed E-state index contributed by atoms with van der Waals surface area (Å²) in [6.07, 6.45) is -2.70. The molecule has 1 heterocycles. The zero-order valence-electron chi connectivity index (χ0n) is 15.1. The Balaban J connectivity index is 2.35. The van der Waals surface area contributed by atoms with Crippen LogP contribution in [0.4, 0.5) is 18.9 Å². The fourth-order valence-corrected chi connectivity index (χ4v) is 2.48.